The molecule has 0 amide bonds. The summed E-state index contributed by atoms with van der Waals surface area (Å²) in [5.74, 6) is 1.80. The van der Waals surface area contributed by atoms with Gasteiger partial charge in [-0.05, 0) is 13.0 Å². The molecule has 1 aromatic rings. The summed E-state index contributed by atoms with van der Waals surface area (Å²) in [6, 6.07) is 0. The molecule has 1 aliphatic heterocycles. The van der Waals surface area contributed by atoms with Gasteiger partial charge < -0.3 is 10.2 Å². The minimum absolute atomic E-state index is 0.0371. The van der Waals surface area contributed by atoms with Crippen LogP contribution in [0.2, 0.25) is 0 Å². The fourth-order valence-corrected chi connectivity index (χ4v) is 1.78. The van der Waals surface area contributed by atoms with E-state index in [0.717, 1.165) is 44.4 Å². The molecule has 0 saturated carbocycles. The molecule has 2 heterocycles. The van der Waals surface area contributed by atoms with Crippen LogP contribution in [0.1, 0.15) is 33.0 Å². The van der Waals surface area contributed by atoms with Gasteiger partial charge in [0.15, 0.2) is 0 Å². The van der Waals surface area contributed by atoms with Crippen molar-refractivity contribution in [2.24, 2.45) is 0 Å². The molecule has 0 spiro atoms. The molecule has 90 valence electrons. The summed E-state index contributed by atoms with van der Waals surface area (Å²) in [7, 11) is 0. The maximum Gasteiger partial charge on any atom is 0.244 e. The van der Waals surface area contributed by atoms with Gasteiger partial charge in [-0.15, -0.1) is 5.10 Å². The molecule has 1 aliphatic rings. The summed E-state index contributed by atoms with van der Waals surface area (Å²) in [5, 5.41) is 10.7. The zero-order valence-corrected chi connectivity index (χ0v) is 10.4. The number of hydrogen-bond donors (Lipinski definition) is 2. The maximum absolute atomic E-state index is 4.58. The molecule has 2 rings (SSSR count). The molecule has 0 aromatic carbocycles. The van der Waals surface area contributed by atoms with Crippen LogP contribution in [0.15, 0.2) is 0 Å². The molecular weight excluding hydrogens is 202 g/mol. The number of nitrogens with one attached hydrogen (secondary N) is 2. The van der Waals surface area contributed by atoms with E-state index in [1.54, 1.807) is 0 Å². The first kappa shape index (κ1) is 11.4. The fourth-order valence-electron chi connectivity index (χ4n) is 1.78. The van der Waals surface area contributed by atoms with Crippen LogP contribution in [0.5, 0.6) is 0 Å². The SMILES string of the molecule is CC(C)(C)c1nc(N2CCCNCC2)n[nH]1. The normalized spacial score (nSPS) is 18.6. The summed E-state index contributed by atoms with van der Waals surface area (Å²) in [6.45, 7) is 10.5. The second kappa shape index (κ2) is 4.41. The van der Waals surface area contributed by atoms with E-state index in [9.17, 15) is 0 Å². The lowest BCUT2D eigenvalue weighted by atomic mass is 9.96. The number of aromatic nitrogens is 3. The van der Waals surface area contributed by atoms with Crippen molar-refractivity contribution in [3.8, 4) is 0 Å². The van der Waals surface area contributed by atoms with Crippen molar-refractivity contribution in [1.82, 2.24) is 20.5 Å². The Morgan fingerprint density at radius 3 is 2.69 bits per heavy atom. The van der Waals surface area contributed by atoms with Gasteiger partial charge in [0.2, 0.25) is 5.95 Å². The third kappa shape index (κ3) is 2.52. The molecule has 5 heteroatoms. The van der Waals surface area contributed by atoms with E-state index in [1.165, 1.54) is 0 Å². The summed E-state index contributed by atoms with van der Waals surface area (Å²) in [4.78, 5) is 6.82. The molecule has 5 nitrogen and oxygen atoms in total. The maximum atomic E-state index is 4.58. The van der Waals surface area contributed by atoms with Gasteiger partial charge in [0.05, 0.1) is 0 Å². The number of rotatable bonds is 1. The minimum atomic E-state index is 0.0371. The van der Waals surface area contributed by atoms with Gasteiger partial charge in [-0.25, -0.2) is 0 Å². The third-order valence-electron chi connectivity index (χ3n) is 2.81. The molecule has 0 bridgehead atoms. The van der Waals surface area contributed by atoms with Gasteiger partial charge in [0, 0.05) is 25.0 Å². The number of H-pyrrole nitrogens is 1. The topological polar surface area (TPSA) is 56.8 Å². The number of anilines is 1. The Balaban J connectivity index is 2.11. The van der Waals surface area contributed by atoms with Crippen molar-refractivity contribution < 1.29 is 0 Å². The number of nitrogens with zero attached hydrogens (tertiary/aromatic N) is 3. The van der Waals surface area contributed by atoms with Gasteiger partial charge in [-0.1, -0.05) is 20.8 Å². The molecule has 0 radical (unpaired) electrons. The van der Waals surface area contributed by atoms with Crippen LogP contribution in [0.3, 0.4) is 0 Å². The largest absolute Gasteiger partial charge is 0.338 e. The van der Waals surface area contributed by atoms with Gasteiger partial charge in [0.1, 0.15) is 5.82 Å². The quantitative estimate of drug-likeness (QED) is 0.743. The lowest BCUT2D eigenvalue weighted by Gasteiger charge is -2.17. The Hall–Kier alpha value is -1.10. The van der Waals surface area contributed by atoms with E-state index < -0.39 is 0 Å². The smallest absolute Gasteiger partial charge is 0.244 e. The lowest BCUT2D eigenvalue weighted by molar-refractivity contribution is 0.548. The summed E-state index contributed by atoms with van der Waals surface area (Å²) >= 11 is 0. The molecule has 0 atom stereocenters. The Morgan fingerprint density at radius 2 is 2.00 bits per heavy atom. The van der Waals surface area contributed by atoms with Crippen LogP contribution in [0, 0.1) is 0 Å². The number of aromatic amines is 1. The monoisotopic (exact) mass is 223 g/mol. The molecule has 2 N–H and O–H groups in total. The van der Waals surface area contributed by atoms with E-state index >= 15 is 0 Å². The van der Waals surface area contributed by atoms with Crippen LogP contribution < -0.4 is 10.2 Å². The average Bonchev–Trinajstić information content (AvgIpc) is 2.55. The van der Waals surface area contributed by atoms with Crippen LogP contribution in [0.25, 0.3) is 0 Å². The lowest BCUT2D eigenvalue weighted by Crippen LogP contribution is -2.28. The van der Waals surface area contributed by atoms with Gasteiger partial charge in [0.25, 0.3) is 0 Å². The highest BCUT2D eigenvalue weighted by Crippen LogP contribution is 2.20. The second-order valence-electron chi connectivity index (χ2n) is 5.32. The van der Waals surface area contributed by atoms with Crippen LogP contribution >= 0.6 is 0 Å². The van der Waals surface area contributed by atoms with Crippen molar-refractivity contribution >= 4 is 5.95 Å². The van der Waals surface area contributed by atoms with Crippen molar-refractivity contribution in [2.75, 3.05) is 31.1 Å². The van der Waals surface area contributed by atoms with Gasteiger partial charge in [-0.2, -0.15) is 4.98 Å². The zero-order valence-electron chi connectivity index (χ0n) is 10.4. The zero-order chi connectivity index (χ0) is 11.6. The summed E-state index contributed by atoms with van der Waals surface area (Å²) in [6.07, 6.45) is 1.15. The second-order valence-corrected chi connectivity index (χ2v) is 5.32. The predicted octanol–water partition coefficient (Wildman–Crippen LogP) is 0.902. The van der Waals surface area contributed by atoms with Crippen LogP contribution in [-0.4, -0.2) is 41.4 Å². The van der Waals surface area contributed by atoms with Gasteiger partial charge in [-0.3, -0.25) is 5.10 Å². The third-order valence-corrected chi connectivity index (χ3v) is 2.81. The van der Waals surface area contributed by atoms with Crippen molar-refractivity contribution in [1.29, 1.82) is 0 Å². The van der Waals surface area contributed by atoms with Crippen molar-refractivity contribution in [3.05, 3.63) is 5.82 Å². The Bertz CT molecular complexity index is 330. The molecular formula is C11H21N5. The molecule has 0 unspecified atom stereocenters. The molecule has 16 heavy (non-hydrogen) atoms. The fraction of sp³-hybridized carbons (Fsp3) is 0.818. The van der Waals surface area contributed by atoms with E-state index in [2.05, 4.69) is 46.2 Å². The van der Waals surface area contributed by atoms with Crippen molar-refractivity contribution in [2.45, 2.75) is 32.6 Å². The highest BCUT2D eigenvalue weighted by molar-refractivity contribution is 5.30. The predicted molar refractivity (Wildman–Crippen MR) is 64.8 cm³/mol. The minimum Gasteiger partial charge on any atom is -0.338 e. The first-order valence-corrected chi connectivity index (χ1v) is 5.96. The standard InChI is InChI=1S/C11H21N5/c1-11(2,3)9-13-10(15-14-9)16-7-4-5-12-6-8-16/h12H,4-8H2,1-3H3,(H,13,14,15). The highest BCUT2D eigenvalue weighted by Gasteiger charge is 2.21. The van der Waals surface area contributed by atoms with E-state index in [4.69, 9.17) is 0 Å². The molecule has 0 aliphatic carbocycles. The van der Waals surface area contributed by atoms with Crippen molar-refractivity contribution in [3.63, 3.8) is 0 Å². The summed E-state index contributed by atoms with van der Waals surface area (Å²) in [5.41, 5.74) is 0.0371. The van der Waals surface area contributed by atoms with Crippen LogP contribution in [-0.2, 0) is 5.41 Å². The Morgan fingerprint density at radius 1 is 1.19 bits per heavy atom. The van der Waals surface area contributed by atoms with Gasteiger partial charge >= 0.3 is 0 Å². The molecule has 1 saturated heterocycles. The van der Waals surface area contributed by atoms with E-state index in [1.807, 2.05) is 0 Å². The Labute approximate surface area is 96.6 Å². The van der Waals surface area contributed by atoms with E-state index in [-0.39, 0.29) is 5.41 Å². The van der Waals surface area contributed by atoms with Crippen LogP contribution in [0.4, 0.5) is 5.95 Å². The number of hydrogen-bond acceptors (Lipinski definition) is 4. The van der Waals surface area contributed by atoms with E-state index in [0.29, 0.717) is 0 Å². The average molecular weight is 223 g/mol. The summed E-state index contributed by atoms with van der Waals surface area (Å²) < 4.78 is 0. The Kier molecular flexibility index (Phi) is 3.14. The highest BCUT2D eigenvalue weighted by atomic mass is 15.4. The molecule has 1 aromatic heterocycles. The molecule has 1 fully saturated rings. The first-order chi connectivity index (χ1) is 7.57. The first-order valence-electron chi connectivity index (χ1n) is 5.96.